The maximum absolute atomic E-state index is 11.0. The lowest BCUT2D eigenvalue weighted by atomic mass is 10.0. The van der Waals surface area contributed by atoms with Crippen molar-refractivity contribution < 1.29 is 14.3 Å². The number of hydrogen-bond acceptors (Lipinski definition) is 3. The van der Waals surface area contributed by atoms with E-state index in [-0.39, 0.29) is 5.56 Å². The number of benzene rings is 2. The number of carboxylic acids is 1. The van der Waals surface area contributed by atoms with Gasteiger partial charge in [0, 0.05) is 5.56 Å². The molecular weight excluding hydrogens is 361 g/mol. The highest BCUT2D eigenvalue weighted by Crippen LogP contribution is 2.28. The van der Waals surface area contributed by atoms with Crippen molar-refractivity contribution in [2.45, 2.75) is 6.92 Å². The van der Waals surface area contributed by atoms with Crippen LogP contribution in [0.3, 0.4) is 0 Å². The predicted molar refractivity (Wildman–Crippen MR) is 99.6 cm³/mol. The summed E-state index contributed by atoms with van der Waals surface area (Å²) in [4.78, 5) is 15.3. The Morgan fingerprint density at radius 1 is 1.08 bits per heavy atom. The lowest BCUT2D eigenvalue weighted by Gasteiger charge is -2.03. The smallest absolute Gasteiger partial charge is 0.335 e. The number of aryl methyl sites for hydroxylation is 1. The first-order valence-corrected chi connectivity index (χ1v) is 8.13. The van der Waals surface area contributed by atoms with Gasteiger partial charge in [0.25, 0.3) is 0 Å². The van der Waals surface area contributed by atoms with Crippen LogP contribution in [0.25, 0.3) is 11.3 Å². The molecule has 0 saturated heterocycles. The monoisotopic (exact) mass is 373 g/mol. The topological polar surface area (TPSA) is 62.8 Å². The van der Waals surface area contributed by atoms with E-state index in [4.69, 9.17) is 32.7 Å². The minimum atomic E-state index is -0.955. The third-order valence-electron chi connectivity index (χ3n) is 3.61. The van der Waals surface area contributed by atoms with Crippen molar-refractivity contribution in [2.24, 2.45) is 4.99 Å². The fourth-order valence-corrected chi connectivity index (χ4v) is 2.64. The fraction of sp³-hybridized carbons (Fsp3) is 0.0526. The summed E-state index contributed by atoms with van der Waals surface area (Å²) < 4.78 is 5.77. The van der Waals surface area contributed by atoms with Crippen LogP contribution in [0, 0.1) is 6.92 Å². The third-order valence-corrected chi connectivity index (χ3v) is 4.35. The largest absolute Gasteiger partial charge is 0.478 e. The van der Waals surface area contributed by atoms with Crippen molar-refractivity contribution in [3.05, 3.63) is 75.5 Å². The van der Waals surface area contributed by atoms with Gasteiger partial charge < -0.3 is 9.52 Å². The number of aromatic carboxylic acids is 1. The molecule has 0 bridgehead atoms. The van der Waals surface area contributed by atoms with Gasteiger partial charge in [-0.05, 0) is 55.0 Å². The van der Waals surface area contributed by atoms with E-state index in [0.717, 1.165) is 11.1 Å². The molecule has 0 unspecified atom stereocenters. The molecule has 4 nitrogen and oxygen atoms in total. The summed E-state index contributed by atoms with van der Waals surface area (Å²) in [6, 6.07) is 13.6. The summed E-state index contributed by atoms with van der Waals surface area (Å²) in [5.41, 5.74) is 2.56. The molecule has 0 aliphatic rings. The molecule has 3 rings (SSSR count). The van der Waals surface area contributed by atoms with Crippen LogP contribution in [0.15, 0.2) is 57.9 Å². The highest BCUT2D eigenvalue weighted by atomic mass is 35.5. The second-order valence-electron chi connectivity index (χ2n) is 5.39. The molecule has 1 N–H and O–H groups in total. The Morgan fingerprint density at radius 3 is 2.56 bits per heavy atom. The predicted octanol–water partition coefficient (Wildman–Crippen LogP) is 6.01. The molecule has 6 heteroatoms. The number of rotatable bonds is 4. The van der Waals surface area contributed by atoms with Gasteiger partial charge >= 0.3 is 5.97 Å². The van der Waals surface area contributed by atoms with Gasteiger partial charge in [-0.15, -0.1) is 0 Å². The number of hydrogen-bond donors (Lipinski definition) is 1. The number of furan rings is 1. The maximum atomic E-state index is 11.0. The summed E-state index contributed by atoms with van der Waals surface area (Å²) in [6.07, 6.45) is 1.59. The number of halogens is 2. The third kappa shape index (κ3) is 3.92. The number of carboxylic acid groups (broad SMARTS) is 1. The summed E-state index contributed by atoms with van der Waals surface area (Å²) in [6.45, 7) is 1.84. The molecule has 0 amide bonds. The standard InChI is InChI=1S/C19H13Cl2NO3/c1-11-8-12(19(23)24)2-5-15(11)18-7-4-14(25-18)10-22-13-3-6-16(20)17(21)9-13/h2-10H,1H3,(H,23,24). The van der Waals surface area contributed by atoms with Crippen LogP contribution in [0.5, 0.6) is 0 Å². The first-order valence-electron chi connectivity index (χ1n) is 7.37. The number of aliphatic imine (C=N–C) groups is 1. The molecule has 0 saturated carbocycles. The van der Waals surface area contributed by atoms with Crippen molar-refractivity contribution in [3.8, 4) is 11.3 Å². The quantitative estimate of drug-likeness (QED) is 0.569. The molecule has 3 aromatic rings. The van der Waals surface area contributed by atoms with Gasteiger partial charge in [-0.1, -0.05) is 29.3 Å². The molecule has 2 aromatic carbocycles. The molecule has 0 aliphatic heterocycles. The molecule has 0 radical (unpaired) electrons. The Hall–Kier alpha value is -2.56. The SMILES string of the molecule is Cc1cc(C(=O)O)ccc1-c1ccc(C=Nc2ccc(Cl)c(Cl)c2)o1. The Bertz CT molecular complexity index is 977. The van der Waals surface area contributed by atoms with E-state index in [0.29, 0.717) is 27.3 Å². The van der Waals surface area contributed by atoms with Crippen LogP contribution in [0.2, 0.25) is 10.0 Å². The second-order valence-corrected chi connectivity index (χ2v) is 6.21. The minimum absolute atomic E-state index is 0.245. The Labute approximate surface area is 154 Å². The van der Waals surface area contributed by atoms with Crippen molar-refractivity contribution >= 4 is 41.1 Å². The zero-order chi connectivity index (χ0) is 18.0. The van der Waals surface area contributed by atoms with Gasteiger partial charge in [0.1, 0.15) is 11.5 Å². The molecule has 1 heterocycles. The van der Waals surface area contributed by atoms with E-state index in [9.17, 15) is 4.79 Å². The number of nitrogens with zero attached hydrogens (tertiary/aromatic N) is 1. The molecule has 0 fully saturated rings. The van der Waals surface area contributed by atoms with Crippen molar-refractivity contribution in [2.75, 3.05) is 0 Å². The minimum Gasteiger partial charge on any atom is -0.478 e. The van der Waals surface area contributed by atoms with Gasteiger partial charge in [-0.25, -0.2) is 4.79 Å². The van der Waals surface area contributed by atoms with E-state index in [1.807, 2.05) is 13.0 Å². The van der Waals surface area contributed by atoms with E-state index in [1.165, 1.54) is 0 Å². The summed E-state index contributed by atoms with van der Waals surface area (Å²) in [7, 11) is 0. The number of carbonyl (C=O) groups is 1. The van der Waals surface area contributed by atoms with Gasteiger partial charge in [-0.3, -0.25) is 4.99 Å². The Balaban J connectivity index is 1.84. The van der Waals surface area contributed by atoms with E-state index in [2.05, 4.69) is 4.99 Å². The first kappa shape index (κ1) is 17.3. The lowest BCUT2D eigenvalue weighted by Crippen LogP contribution is -1.96. The van der Waals surface area contributed by atoms with Crippen LogP contribution in [0.4, 0.5) is 5.69 Å². The van der Waals surface area contributed by atoms with Gasteiger partial charge in [0.05, 0.1) is 27.5 Å². The maximum Gasteiger partial charge on any atom is 0.335 e. The van der Waals surface area contributed by atoms with Crippen molar-refractivity contribution in [1.82, 2.24) is 0 Å². The van der Waals surface area contributed by atoms with E-state index >= 15 is 0 Å². The van der Waals surface area contributed by atoms with Crippen molar-refractivity contribution in [3.63, 3.8) is 0 Å². The molecule has 1 aromatic heterocycles. The molecule has 0 atom stereocenters. The molecule has 25 heavy (non-hydrogen) atoms. The van der Waals surface area contributed by atoms with Crippen LogP contribution in [-0.2, 0) is 0 Å². The van der Waals surface area contributed by atoms with Gasteiger partial charge in [0.15, 0.2) is 0 Å². The van der Waals surface area contributed by atoms with Crippen LogP contribution < -0.4 is 0 Å². The van der Waals surface area contributed by atoms with E-state index < -0.39 is 5.97 Å². The Kier molecular flexibility index (Phi) is 4.93. The van der Waals surface area contributed by atoms with Gasteiger partial charge in [0.2, 0.25) is 0 Å². The average molecular weight is 374 g/mol. The first-order chi connectivity index (χ1) is 11.9. The summed E-state index contributed by atoms with van der Waals surface area (Å²) >= 11 is 11.8. The normalized spacial score (nSPS) is 11.2. The summed E-state index contributed by atoms with van der Waals surface area (Å²) in [5, 5.41) is 9.94. The van der Waals surface area contributed by atoms with Gasteiger partial charge in [-0.2, -0.15) is 0 Å². The van der Waals surface area contributed by atoms with Crippen LogP contribution in [0.1, 0.15) is 21.7 Å². The highest BCUT2D eigenvalue weighted by molar-refractivity contribution is 6.42. The summed E-state index contributed by atoms with van der Waals surface area (Å²) in [5.74, 6) is 0.261. The lowest BCUT2D eigenvalue weighted by molar-refractivity contribution is 0.0697. The van der Waals surface area contributed by atoms with Crippen LogP contribution >= 0.6 is 23.2 Å². The molecular formula is C19H13Cl2NO3. The average Bonchev–Trinajstić information content (AvgIpc) is 3.04. The second kappa shape index (κ2) is 7.13. The van der Waals surface area contributed by atoms with E-state index in [1.54, 1.807) is 48.7 Å². The zero-order valence-corrected chi connectivity index (χ0v) is 14.7. The molecule has 126 valence electrons. The Morgan fingerprint density at radius 2 is 1.88 bits per heavy atom. The molecule has 0 aliphatic carbocycles. The molecule has 0 spiro atoms. The van der Waals surface area contributed by atoms with Crippen LogP contribution in [-0.4, -0.2) is 17.3 Å². The van der Waals surface area contributed by atoms with Crippen molar-refractivity contribution in [1.29, 1.82) is 0 Å². The highest BCUT2D eigenvalue weighted by Gasteiger charge is 2.10. The fourth-order valence-electron chi connectivity index (χ4n) is 2.34. The zero-order valence-electron chi connectivity index (χ0n) is 13.2.